The first-order chi connectivity index (χ1) is 12.6. The predicted octanol–water partition coefficient (Wildman–Crippen LogP) is 3.66. The number of likely N-dealkylation sites (tertiary alicyclic amines) is 1. The van der Waals surface area contributed by atoms with Crippen molar-refractivity contribution in [2.75, 3.05) is 26.2 Å². The summed E-state index contributed by atoms with van der Waals surface area (Å²) in [5, 5.41) is 3.93. The summed E-state index contributed by atoms with van der Waals surface area (Å²) in [6, 6.07) is 7.96. The van der Waals surface area contributed by atoms with E-state index >= 15 is 0 Å². The Morgan fingerprint density at radius 3 is 2.43 bits per heavy atom. The summed E-state index contributed by atoms with van der Waals surface area (Å²) in [5.74, 6) is 1.40. The Hall–Kier alpha value is -0.720. The highest BCUT2D eigenvalue weighted by Crippen LogP contribution is 2.26. The van der Waals surface area contributed by atoms with E-state index in [2.05, 4.69) is 10.2 Å². The molecule has 1 aromatic rings. The smallest absolute Gasteiger partial charge is 0.220 e. The van der Waals surface area contributed by atoms with Crippen molar-refractivity contribution in [3.63, 3.8) is 0 Å². The highest BCUT2D eigenvalue weighted by Gasteiger charge is 2.27. The van der Waals surface area contributed by atoms with Crippen LogP contribution in [0.5, 0.6) is 5.75 Å². The van der Waals surface area contributed by atoms with Crippen LogP contribution in [0.15, 0.2) is 24.3 Å². The Balaban J connectivity index is 0.00000196. The molecule has 0 aromatic heterocycles. The van der Waals surface area contributed by atoms with Crippen LogP contribution >= 0.6 is 36.4 Å². The largest absolute Gasteiger partial charge is 0.492 e. The van der Waals surface area contributed by atoms with Gasteiger partial charge >= 0.3 is 0 Å². The van der Waals surface area contributed by atoms with Crippen LogP contribution in [0.3, 0.4) is 0 Å². The van der Waals surface area contributed by atoms with Crippen LogP contribution in [0.25, 0.3) is 0 Å². The maximum Gasteiger partial charge on any atom is 0.220 e. The van der Waals surface area contributed by atoms with Gasteiger partial charge in [0.1, 0.15) is 12.4 Å². The molecule has 0 bridgehead atoms. The lowest BCUT2D eigenvalue weighted by atomic mass is 9.98. The van der Waals surface area contributed by atoms with Crippen LogP contribution in [0, 0.1) is 5.92 Å². The zero-order valence-corrected chi connectivity index (χ0v) is 18.5. The Bertz CT molecular complexity index is 581. The highest BCUT2D eigenvalue weighted by molar-refractivity contribution is 6.30. The Morgan fingerprint density at radius 2 is 1.82 bits per heavy atom. The molecule has 3 N–H and O–H groups in total. The number of carbonyl (C=O) groups is 1. The van der Waals surface area contributed by atoms with Gasteiger partial charge in [0.2, 0.25) is 5.91 Å². The van der Waals surface area contributed by atoms with E-state index in [1.54, 1.807) is 0 Å². The summed E-state index contributed by atoms with van der Waals surface area (Å²) in [6.07, 6.45) is 5.92. The number of halogens is 3. The summed E-state index contributed by atoms with van der Waals surface area (Å²) < 4.78 is 5.76. The van der Waals surface area contributed by atoms with E-state index in [0.717, 1.165) is 62.5 Å². The number of nitrogens with zero attached hydrogens (tertiary/aromatic N) is 1. The second kappa shape index (κ2) is 12.8. The number of rotatable bonds is 7. The fourth-order valence-electron chi connectivity index (χ4n) is 3.97. The van der Waals surface area contributed by atoms with E-state index in [1.165, 1.54) is 0 Å². The predicted molar refractivity (Wildman–Crippen MR) is 119 cm³/mol. The van der Waals surface area contributed by atoms with E-state index < -0.39 is 0 Å². The minimum absolute atomic E-state index is 0. The third kappa shape index (κ3) is 7.96. The van der Waals surface area contributed by atoms with Crippen LogP contribution in [0.4, 0.5) is 0 Å². The summed E-state index contributed by atoms with van der Waals surface area (Å²) in [7, 11) is 0. The van der Waals surface area contributed by atoms with Gasteiger partial charge < -0.3 is 15.8 Å². The van der Waals surface area contributed by atoms with Gasteiger partial charge in [0, 0.05) is 43.2 Å². The molecule has 1 aliphatic heterocycles. The third-order valence-corrected chi connectivity index (χ3v) is 5.86. The van der Waals surface area contributed by atoms with Gasteiger partial charge in [0.25, 0.3) is 0 Å². The quantitative estimate of drug-likeness (QED) is 0.662. The lowest BCUT2D eigenvalue weighted by molar-refractivity contribution is -0.123. The van der Waals surface area contributed by atoms with Gasteiger partial charge in [0.15, 0.2) is 0 Å². The molecule has 2 fully saturated rings. The summed E-state index contributed by atoms with van der Waals surface area (Å²) in [6.45, 7) is 3.56. The number of benzene rings is 1. The number of carbonyl (C=O) groups excluding carboxylic acids is 1. The number of amides is 1. The highest BCUT2D eigenvalue weighted by atomic mass is 35.5. The third-order valence-electron chi connectivity index (χ3n) is 5.61. The molecule has 2 aliphatic rings. The average Bonchev–Trinajstić information content (AvgIpc) is 3.03. The maximum absolute atomic E-state index is 12.2. The minimum atomic E-state index is 0. The Labute approximate surface area is 185 Å². The van der Waals surface area contributed by atoms with E-state index in [0.29, 0.717) is 25.0 Å². The molecule has 0 unspecified atom stereocenters. The molecule has 1 aromatic carbocycles. The topological polar surface area (TPSA) is 67.6 Å². The monoisotopic (exact) mass is 451 g/mol. The van der Waals surface area contributed by atoms with Crippen molar-refractivity contribution in [2.24, 2.45) is 11.7 Å². The molecule has 2 atom stereocenters. The summed E-state index contributed by atoms with van der Waals surface area (Å²) >= 11 is 5.87. The van der Waals surface area contributed by atoms with Crippen molar-refractivity contribution < 1.29 is 9.53 Å². The molecule has 3 rings (SSSR count). The molecule has 0 radical (unpaired) electrons. The molecule has 5 nitrogen and oxygen atoms in total. The molecule has 1 aliphatic carbocycles. The van der Waals surface area contributed by atoms with Crippen molar-refractivity contribution in [1.29, 1.82) is 0 Å². The molecule has 1 saturated carbocycles. The first kappa shape index (κ1) is 25.3. The van der Waals surface area contributed by atoms with Gasteiger partial charge in [-0.15, -0.1) is 24.8 Å². The SMILES string of the molecule is Cl.Cl.N[C@@H]1CCC[C@H]1CC(=O)NC1CCN(CCOc2ccc(Cl)cc2)CC1. The molecule has 1 heterocycles. The Kier molecular flexibility index (Phi) is 11.5. The van der Waals surface area contributed by atoms with E-state index in [9.17, 15) is 4.79 Å². The summed E-state index contributed by atoms with van der Waals surface area (Å²) in [4.78, 5) is 14.6. The van der Waals surface area contributed by atoms with Gasteiger partial charge in [-0.2, -0.15) is 0 Å². The number of hydrogen-bond donors (Lipinski definition) is 2. The minimum Gasteiger partial charge on any atom is -0.492 e. The molecular weight excluding hydrogens is 421 g/mol. The van der Waals surface area contributed by atoms with Gasteiger partial charge in [0.05, 0.1) is 0 Å². The number of piperidine rings is 1. The van der Waals surface area contributed by atoms with E-state index in [1.807, 2.05) is 24.3 Å². The Morgan fingerprint density at radius 1 is 1.14 bits per heavy atom. The van der Waals surface area contributed by atoms with Crippen molar-refractivity contribution >= 4 is 42.3 Å². The van der Waals surface area contributed by atoms with Crippen molar-refractivity contribution in [3.05, 3.63) is 29.3 Å². The fourth-order valence-corrected chi connectivity index (χ4v) is 4.09. The summed E-state index contributed by atoms with van der Waals surface area (Å²) in [5.41, 5.74) is 6.07. The number of nitrogens with one attached hydrogen (secondary N) is 1. The standard InChI is InChI=1S/C20H30ClN3O2.2ClH/c21-16-4-6-18(7-5-16)26-13-12-24-10-8-17(9-11-24)23-20(25)14-15-2-1-3-19(15)22;;/h4-7,15,17,19H,1-3,8-14,22H2,(H,23,25);2*1H/t15-,19+;;/m0../s1. The van der Waals surface area contributed by atoms with Gasteiger partial charge in [-0.25, -0.2) is 0 Å². The maximum atomic E-state index is 12.2. The molecule has 0 spiro atoms. The van der Waals surface area contributed by atoms with Gasteiger partial charge in [-0.05, 0) is 55.9 Å². The van der Waals surface area contributed by atoms with Crippen LogP contribution < -0.4 is 15.8 Å². The first-order valence-electron chi connectivity index (χ1n) is 9.76. The zero-order chi connectivity index (χ0) is 18.4. The molecule has 1 saturated heterocycles. The van der Waals surface area contributed by atoms with Crippen LogP contribution in [0.1, 0.15) is 38.5 Å². The lowest BCUT2D eigenvalue weighted by Gasteiger charge is -2.32. The second-order valence-corrected chi connectivity index (χ2v) is 7.98. The van der Waals surface area contributed by atoms with Gasteiger partial charge in [-0.1, -0.05) is 18.0 Å². The first-order valence-corrected chi connectivity index (χ1v) is 10.1. The van der Waals surface area contributed by atoms with Gasteiger partial charge in [-0.3, -0.25) is 9.69 Å². The second-order valence-electron chi connectivity index (χ2n) is 7.54. The number of nitrogens with two attached hydrogens (primary N) is 1. The molecule has 8 heteroatoms. The molecular formula is C20H32Cl3N3O2. The van der Waals surface area contributed by atoms with Crippen LogP contribution in [-0.2, 0) is 4.79 Å². The van der Waals surface area contributed by atoms with E-state index in [-0.39, 0.29) is 36.8 Å². The van der Waals surface area contributed by atoms with Crippen molar-refractivity contribution in [2.45, 2.75) is 50.6 Å². The zero-order valence-electron chi connectivity index (χ0n) is 16.1. The molecule has 1 amide bonds. The number of ether oxygens (including phenoxy) is 1. The molecule has 28 heavy (non-hydrogen) atoms. The van der Waals surface area contributed by atoms with E-state index in [4.69, 9.17) is 22.1 Å². The number of hydrogen-bond acceptors (Lipinski definition) is 4. The van der Waals surface area contributed by atoms with Crippen molar-refractivity contribution in [1.82, 2.24) is 10.2 Å². The van der Waals surface area contributed by atoms with Crippen molar-refractivity contribution in [3.8, 4) is 5.75 Å². The normalized spacial score (nSPS) is 22.8. The average molecular weight is 453 g/mol. The van der Waals surface area contributed by atoms with Crippen LogP contribution in [-0.4, -0.2) is 49.1 Å². The lowest BCUT2D eigenvalue weighted by Crippen LogP contribution is -2.46. The molecule has 160 valence electrons. The van der Waals surface area contributed by atoms with Crippen LogP contribution in [0.2, 0.25) is 5.02 Å². The fraction of sp³-hybridized carbons (Fsp3) is 0.650.